The Hall–Kier alpha value is -1.61. The fraction of sp³-hybridized carbons (Fsp3) is 0.333. The van der Waals surface area contributed by atoms with Crippen LogP contribution in [0.1, 0.15) is 31.1 Å². The lowest BCUT2D eigenvalue weighted by Gasteiger charge is -2.21. The van der Waals surface area contributed by atoms with E-state index in [1.165, 1.54) is 18.9 Å². The van der Waals surface area contributed by atoms with Gasteiger partial charge in [-0.15, -0.1) is 0 Å². The van der Waals surface area contributed by atoms with Gasteiger partial charge in [0.25, 0.3) is 0 Å². The molecule has 3 rings (SSSR count). The minimum absolute atomic E-state index is 0.241. The average Bonchev–Trinajstić information content (AvgIpc) is 2.90. The molecule has 0 aliphatic carbocycles. The van der Waals surface area contributed by atoms with Gasteiger partial charge in [-0.3, -0.25) is 0 Å². The summed E-state index contributed by atoms with van der Waals surface area (Å²) < 4.78 is 19.4. The standard InChI is InChI=1S/C15H16FNO/c16-12-6-2-1-5-11(12)14-8-9-15(18-14)13-7-3-4-10-17-13/h1-2,5-6,8-9,13,17H,3-4,7,10H2/t13-/m1/s1. The summed E-state index contributed by atoms with van der Waals surface area (Å²) in [6.07, 6.45) is 3.52. The molecule has 2 nitrogen and oxygen atoms in total. The van der Waals surface area contributed by atoms with Crippen LogP contribution in [0, 0.1) is 5.82 Å². The Balaban J connectivity index is 1.87. The largest absolute Gasteiger partial charge is 0.459 e. The molecule has 3 heteroatoms. The van der Waals surface area contributed by atoms with E-state index in [9.17, 15) is 4.39 Å². The van der Waals surface area contributed by atoms with Crippen molar-refractivity contribution in [2.45, 2.75) is 25.3 Å². The van der Waals surface area contributed by atoms with Gasteiger partial charge < -0.3 is 9.73 Å². The van der Waals surface area contributed by atoms with Gasteiger partial charge in [-0.25, -0.2) is 4.39 Å². The zero-order valence-corrected chi connectivity index (χ0v) is 10.2. The highest BCUT2D eigenvalue weighted by Gasteiger charge is 2.19. The Kier molecular flexibility index (Phi) is 3.15. The van der Waals surface area contributed by atoms with E-state index >= 15 is 0 Å². The van der Waals surface area contributed by atoms with Crippen molar-refractivity contribution in [1.29, 1.82) is 0 Å². The molecule has 1 aromatic heterocycles. The van der Waals surface area contributed by atoms with Gasteiger partial charge in [-0.05, 0) is 43.7 Å². The SMILES string of the molecule is Fc1ccccc1-c1ccc([C@H]2CCCCN2)o1. The van der Waals surface area contributed by atoms with Gasteiger partial charge in [0.15, 0.2) is 0 Å². The number of rotatable bonds is 2. The number of hydrogen-bond donors (Lipinski definition) is 1. The zero-order valence-electron chi connectivity index (χ0n) is 10.2. The summed E-state index contributed by atoms with van der Waals surface area (Å²) in [4.78, 5) is 0. The van der Waals surface area contributed by atoms with Crippen molar-refractivity contribution in [3.63, 3.8) is 0 Å². The molecule has 0 saturated carbocycles. The van der Waals surface area contributed by atoms with Crippen LogP contribution in [-0.4, -0.2) is 6.54 Å². The van der Waals surface area contributed by atoms with Crippen LogP contribution in [0.15, 0.2) is 40.8 Å². The predicted octanol–water partition coefficient (Wildman–Crippen LogP) is 3.90. The number of halogens is 1. The lowest BCUT2D eigenvalue weighted by Crippen LogP contribution is -2.26. The molecule has 1 saturated heterocycles. The fourth-order valence-corrected chi connectivity index (χ4v) is 2.44. The molecule has 0 radical (unpaired) electrons. The van der Waals surface area contributed by atoms with Crippen molar-refractivity contribution in [2.75, 3.05) is 6.54 Å². The molecule has 2 aromatic rings. The van der Waals surface area contributed by atoms with Gasteiger partial charge in [0.1, 0.15) is 17.3 Å². The van der Waals surface area contributed by atoms with E-state index in [-0.39, 0.29) is 11.9 Å². The summed E-state index contributed by atoms with van der Waals surface area (Å²) in [6, 6.07) is 10.8. The molecule has 1 N–H and O–H groups in total. The van der Waals surface area contributed by atoms with Crippen LogP contribution >= 0.6 is 0 Å². The Bertz CT molecular complexity index is 529. The molecular formula is C15H16FNO. The summed E-state index contributed by atoms with van der Waals surface area (Å²) >= 11 is 0. The van der Waals surface area contributed by atoms with E-state index in [2.05, 4.69) is 5.32 Å². The first-order valence-corrected chi connectivity index (χ1v) is 6.42. The van der Waals surface area contributed by atoms with E-state index in [1.807, 2.05) is 18.2 Å². The molecule has 1 atom stereocenters. The Morgan fingerprint density at radius 2 is 2.00 bits per heavy atom. The molecule has 94 valence electrons. The summed E-state index contributed by atoms with van der Waals surface area (Å²) in [5.41, 5.74) is 0.527. The smallest absolute Gasteiger partial charge is 0.137 e. The van der Waals surface area contributed by atoms with Gasteiger partial charge in [0.2, 0.25) is 0 Å². The van der Waals surface area contributed by atoms with Crippen molar-refractivity contribution in [3.8, 4) is 11.3 Å². The lowest BCUT2D eigenvalue weighted by molar-refractivity contribution is 0.352. The minimum atomic E-state index is -0.241. The maximum atomic E-state index is 13.7. The fourth-order valence-electron chi connectivity index (χ4n) is 2.44. The van der Waals surface area contributed by atoms with Crippen molar-refractivity contribution < 1.29 is 8.81 Å². The van der Waals surface area contributed by atoms with Crippen LogP contribution in [0.5, 0.6) is 0 Å². The Labute approximate surface area is 106 Å². The third-order valence-electron chi connectivity index (χ3n) is 3.42. The average molecular weight is 245 g/mol. The third-order valence-corrected chi connectivity index (χ3v) is 3.42. The Morgan fingerprint density at radius 3 is 2.78 bits per heavy atom. The highest BCUT2D eigenvalue weighted by Crippen LogP contribution is 2.30. The maximum absolute atomic E-state index is 13.7. The van der Waals surface area contributed by atoms with E-state index < -0.39 is 0 Å². The van der Waals surface area contributed by atoms with Gasteiger partial charge in [-0.1, -0.05) is 18.6 Å². The lowest BCUT2D eigenvalue weighted by atomic mass is 10.0. The van der Waals surface area contributed by atoms with Crippen LogP contribution in [0.2, 0.25) is 0 Å². The zero-order chi connectivity index (χ0) is 12.4. The van der Waals surface area contributed by atoms with Crippen LogP contribution in [0.4, 0.5) is 4.39 Å². The van der Waals surface area contributed by atoms with Crippen molar-refractivity contribution in [3.05, 3.63) is 48.0 Å². The number of furan rings is 1. The van der Waals surface area contributed by atoms with Crippen molar-refractivity contribution >= 4 is 0 Å². The summed E-state index contributed by atoms with van der Waals surface area (Å²) in [5, 5.41) is 3.43. The first-order chi connectivity index (χ1) is 8.84. The quantitative estimate of drug-likeness (QED) is 0.868. The summed E-state index contributed by atoms with van der Waals surface area (Å²) in [5.74, 6) is 1.28. The molecule has 0 spiro atoms. The van der Waals surface area contributed by atoms with Crippen molar-refractivity contribution in [2.24, 2.45) is 0 Å². The third kappa shape index (κ3) is 2.18. The van der Waals surface area contributed by atoms with E-state index in [4.69, 9.17) is 4.42 Å². The molecule has 1 aliphatic rings. The van der Waals surface area contributed by atoms with E-state index in [0.717, 1.165) is 18.7 Å². The molecule has 1 aromatic carbocycles. The normalized spacial score (nSPS) is 19.9. The molecule has 1 fully saturated rings. The van der Waals surface area contributed by atoms with Crippen molar-refractivity contribution in [1.82, 2.24) is 5.32 Å². The van der Waals surface area contributed by atoms with Gasteiger partial charge >= 0.3 is 0 Å². The maximum Gasteiger partial charge on any atom is 0.137 e. The Morgan fingerprint density at radius 1 is 1.11 bits per heavy atom. The topological polar surface area (TPSA) is 25.2 Å². The first-order valence-electron chi connectivity index (χ1n) is 6.42. The molecule has 0 bridgehead atoms. The number of benzene rings is 1. The van der Waals surface area contributed by atoms with Crippen LogP contribution in [0.25, 0.3) is 11.3 Å². The highest BCUT2D eigenvalue weighted by atomic mass is 19.1. The second-order valence-corrected chi connectivity index (χ2v) is 4.68. The molecule has 1 aliphatic heterocycles. The molecule has 0 amide bonds. The second-order valence-electron chi connectivity index (χ2n) is 4.68. The highest BCUT2D eigenvalue weighted by molar-refractivity contribution is 5.58. The van der Waals surface area contributed by atoms with E-state index in [1.54, 1.807) is 12.1 Å². The molecule has 2 heterocycles. The second kappa shape index (κ2) is 4.94. The van der Waals surface area contributed by atoms with Gasteiger partial charge in [0.05, 0.1) is 11.6 Å². The molecular weight excluding hydrogens is 229 g/mol. The van der Waals surface area contributed by atoms with E-state index in [0.29, 0.717) is 11.3 Å². The number of nitrogens with one attached hydrogen (secondary N) is 1. The minimum Gasteiger partial charge on any atom is -0.459 e. The monoisotopic (exact) mass is 245 g/mol. The first kappa shape index (κ1) is 11.5. The molecule has 0 unspecified atom stereocenters. The van der Waals surface area contributed by atoms with Crippen LogP contribution in [-0.2, 0) is 0 Å². The predicted molar refractivity (Wildman–Crippen MR) is 68.7 cm³/mol. The number of hydrogen-bond acceptors (Lipinski definition) is 2. The van der Waals surface area contributed by atoms with Gasteiger partial charge in [-0.2, -0.15) is 0 Å². The number of piperidine rings is 1. The van der Waals surface area contributed by atoms with Crippen LogP contribution < -0.4 is 5.32 Å². The molecule has 18 heavy (non-hydrogen) atoms. The summed E-state index contributed by atoms with van der Waals surface area (Å²) in [6.45, 7) is 1.03. The van der Waals surface area contributed by atoms with Crippen LogP contribution in [0.3, 0.4) is 0 Å². The summed E-state index contributed by atoms with van der Waals surface area (Å²) in [7, 11) is 0. The van der Waals surface area contributed by atoms with Gasteiger partial charge in [0, 0.05) is 0 Å².